The standard InChI is InChI=1S/C61H35N3O3/c1-34-57(44-23-12-21-42-39-18-6-10-26-54(39)66-59(42)44)62-61(63-58(34)45-24-13-22-43-40-19-7-11-27-55(40)67-60(43)45)49-32-48-41-20-8-9-25-53(41)65-56(48)33-52(49)64-50-30-37-16-4-2-14-35(37)28-46(50)47-29-36-15-3-5-17-38(36)31-51(47)64/h2-33H,1H3. The van der Waals surface area contributed by atoms with Gasteiger partial charge in [-0.3, -0.25) is 0 Å². The van der Waals surface area contributed by atoms with Crippen LogP contribution in [0.1, 0.15) is 5.56 Å². The summed E-state index contributed by atoms with van der Waals surface area (Å²) in [7, 11) is 0. The Morgan fingerprint density at radius 2 is 0.776 bits per heavy atom. The van der Waals surface area contributed by atoms with Crippen molar-refractivity contribution in [1.82, 2.24) is 14.5 Å². The summed E-state index contributed by atoms with van der Waals surface area (Å²) in [4.78, 5) is 11.4. The first-order chi connectivity index (χ1) is 33.1. The van der Waals surface area contributed by atoms with E-state index in [0.717, 1.165) is 138 Å². The van der Waals surface area contributed by atoms with Crippen molar-refractivity contribution in [3.05, 3.63) is 200 Å². The third-order valence-electron chi connectivity index (χ3n) is 13.9. The van der Waals surface area contributed by atoms with Gasteiger partial charge in [-0.1, -0.05) is 127 Å². The zero-order valence-electron chi connectivity index (χ0n) is 36.0. The average Bonchev–Trinajstić information content (AvgIpc) is 4.13. The summed E-state index contributed by atoms with van der Waals surface area (Å²) >= 11 is 0. The normalized spacial score (nSPS) is 12.3. The van der Waals surface area contributed by atoms with Crippen LogP contribution in [-0.4, -0.2) is 14.5 Å². The second kappa shape index (κ2) is 13.5. The van der Waals surface area contributed by atoms with Crippen molar-refractivity contribution in [3.8, 4) is 39.6 Å². The van der Waals surface area contributed by atoms with E-state index in [4.69, 9.17) is 23.2 Å². The predicted octanol–water partition coefficient (Wildman–Crippen LogP) is 16.9. The van der Waals surface area contributed by atoms with Gasteiger partial charge in [0.05, 0.1) is 28.1 Å². The lowest BCUT2D eigenvalue weighted by atomic mass is 9.97. The zero-order valence-corrected chi connectivity index (χ0v) is 36.0. The first-order valence-electron chi connectivity index (χ1n) is 22.6. The molecule has 0 saturated heterocycles. The molecule has 6 nitrogen and oxygen atoms in total. The molecular weight excluding hydrogens is 823 g/mol. The molecule has 15 rings (SSSR count). The molecule has 0 spiro atoms. The van der Waals surface area contributed by atoms with Gasteiger partial charge in [0.25, 0.3) is 0 Å². The summed E-state index contributed by atoms with van der Waals surface area (Å²) in [6.07, 6.45) is 0. The number of rotatable bonds is 4. The molecular formula is C61H35N3O3. The number of benzene rings is 10. The Balaban J connectivity index is 1.11. The molecule has 0 N–H and O–H groups in total. The summed E-state index contributed by atoms with van der Waals surface area (Å²) in [5.41, 5.74) is 13.0. The number of hydrogen-bond donors (Lipinski definition) is 0. The maximum atomic E-state index is 6.74. The van der Waals surface area contributed by atoms with Crippen molar-refractivity contribution < 1.29 is 13.3 Å². The van der Waals surface area contributed by atoms with Crippen LogP contribution in [0.4, 0.5) is 0 Å². The Bertz CT molecular complexity index is 4370. The summed E-state index contributed by atoms with van der Waals surface area (Å²) in [5.74, 6) is 0.565. The summed E-state index contributed by atoms with van der Waals surface area (Å²) < 4.78 is 22.6. The van der Waals surface area contributed by atoms with Crippen LogP contribution in [0.25, 0.3) is 149 Å². The van der Waals surface area contributed by atoms with Crippen LogP contribution in [0.5, 0.6) is 0 Å². The van der Waals surface area contributed by atoms with E-state index < -0.39 is 0 Å². The largest absolute Gasteiger partial charge is 0.456 e. The smallest absolute Gasteiger partial charge is 0.162 e. The maximum absolute atomic E-state index is 6.74. The molecule has 6 heteroatoms. The molecule has 67 heavy (non-hydrogen) atoms. The van der Waals surface area contributed by atoms with Crippen molar-refractivity contribution in [2.75, 3.05) is 0 Å². The van der Waals surface area contributed by atoms with E-state index >= 15 is 0 Å². The minimum Gasteiger partial charge on any atom is -0.456 e. The van der Waals surface area contributed by atoms with Crippen LogP contribution in [0.3, 0.4) is 0 Å². The van der Waals surface area contributed by atoms with Gasteiger partial charge in [-0.15, -0.1) is 0 Å². The molecule has 0 radical (unpaired) electrons. The molecule has 0 bridgehead atoms. The van der Waals surface area contributed by atoms with Crippen LogP contribution < -0.4 is 0 Å². The number of nitrogens with zero attached hydrogens (tertiary/aromatic N) is 3. The molecule has 0 aliphatic heterocycles. The van der Waals surface area contributed by atoms with Gasteiger partial charge in [-0.05, 0) is 89.1 Å². The van der Waals surface area contributed by atoms with E-state index in [1.54, 1.807) is 0 Å². The van der Waals surface area contributed by atoms with Crippen LogP contribution in [-0.2, 0) is 0 Å². The third kappa shape index (κ3) is 5.21. The summed E-state index contributed by atoms with van der Waals surface area (Å²) in [6, 6.07) is 68.3. The fraction of sp³-hybridized carbons (Fsp3) is 0.0164. The van der Waals surface area contributed by atoms with Gasteiger partial charge in [0.2, 0.25) is 0 Å². The molecule has 10 aromatic carbocycles. The van der Waals surface area contributed by atoms with Crippen molar-refractivity contribution >= 4 is 109 Å². The SMILES string of the molecule is Cc1c(-c2cccc3c2oc2ccccc23)nc(-c2cc3c(cc2-n2c4cc5ccccc5cc4c4cc5ccccc5cc42)oc2ccccc23)nc1-c1cccc2c1oc1ccccc12. The van der Waals surface area contributed by atoms with Crippen molar-refractivity contribution in [2.45, 2.75) is 6.92 Å². The predicted molar refractivity (Wildman–Crippen MR) is 274 cm³/mol. The highest BCUT2D eigenvalue weighted by Crippen LogP contribution is 2.46. The number of furan rings is 3. The van der Waals surface area contributed by atoms with Crippen molar-refractivity contribution in [3.63, 3.8) is 0 Å². The summed E-state index contributed by atoms with van der Waals surface area (Å²) in [6.45, 7) is 2.12. The van der Waals surface area contributed by atoms with Gasteiger partial charge in [0.1, 0.15) is 33.5 Å². The lowest BCUT2D eigenvalue weighted by Crippen LogP contribution is -2.04. The first kappa shape index (κ1) is 36.4. The molecule has 0 amide bonds. The highest BCUT2D eigenvalue weighted by molar-refractivity contribution is 6.18. The molecule has 5 aromatic heterocycles. The molecule has 15 aromatic rings. The average molecular weight is 858 g/mol. The Kier molecular flexibility index (Phi) is 7.33. The van der Waals surface area contributed by atoms with E-state index in [0.29, 0.717) is 5.82 Å². The highest BCUT2D eigenvalue weighted by Gasteiger charge is 2.26. The van der Waals surface area contributed by atoms with Crippen LogP contribution in [0, 0.1) is 6.92 Å². The lowest BCUT2D eigenvalue weighted by Gasteiger charge is -2.17. The van der Waals surface area contributed by atoms with Crippen LogP contribution in [0.2, 0.25) is 0 Å². The fourth-order valence-electron chi connectivity index (χ4n) is 10.8. The maximum Gasteiger partial charge on any atom is 0.162 e. The zero-order chi connectivity index (χ0) is 43.9. The Hall–Kier alpha value is -9.00. The molecule has 0 unspecified atom stereocenters. The van der Waals surface area contributed by atoms with Gasteiger partial charge in [-0.25, -0.2) is 9.97 Å². The molecule has 0 aliphatic carbocycles. The quantitative estimate of drug-likeness (QED) is 0.176. The van der Waals surface area contributed by atoms with E-state index in [2.05, 4.69) is 169 Å². The summed E-state index contributed by atoms with van der Waals surface area (Å²) in [5, 5.41) is 13.2. The number of fused-ring (bicyclic) bond motifs is 14. The second-order valence-electron chi connectivity index (χ2n) is 17.7. The van der Waals surface area contributed by atoms with Crippen molar-refractivity contribution in [1.29, 1.82) is 0 Å². The van der Waals surface area contributed by atoms with Gasteiger partial charge < -0.3 is 17.8 Å². The molecule has 312 valence electrons. The number of para-hydroxylation sites is 5. The molecule has 0 atom stereocenters. The molecule has 0 saturated carbocycles. The Morgan fingerprint density at radius 3 is 1.30 bits per heavy atom. The Labute approximate surface area is 381 Å². The minimum absolute atomic E-state index is 0.565. The van der Waals surface area contributed by atoms with Gasteiger partial charge in [0.15, 0.2) is 5.82 Å². The second-order valence-corrected chi connectivity index (χ2v) is 17.7. The van der Waals surface area contributed by atoms with Crippen LogP contribution >= 0.6 is 0 Å². The van der Waals surface area contributed by atoms with E-state index in [1.807, 2.05) is 36.4 Å². The monoisotopic (exact) mass is 857 g/mol. The Morgan fingerprint density at radius 1 is 0.343 bits per heavy atom. The van der Waals surface area contributed by atoms with Gasteiger partial charge >= 0.3 is 0 Å². The van der Waals surface area contributed by atoms with Gasteiger partial charge in [0, 0.05) is 71.4 Å². The van der Waals surface area contributed by atoms with E-state index in [9.17, 15) is 0 Å². The third-order valence-corrected chi connectivity index (χ3v) is 13.9. The molecule has 5 heterocycles. The van der Waals surface area contributed by atoms with Crippen LogP contribution in [0.15, 0.2) is 207 Å². The fourth-order valence-corrected chi connectivity index (χ4v) is 10.8. The van der Waals surface area contributed by atoms with E-state index in [1.165, 1.54) is 10.8 Å². The van der Waals surface area contributed by atoms with E-state index in [-0.39, 0.29) is 0 Å². The van der Waals surface area contributed by atoms with Gasteiger partial charge in [-0.2, -0.15) is 0 Å². The minimum atomic E-state index is 0.565. The number of aromatic nitrogens is 3. The topological polar surface area (TPSA) is 70.1 Å². The lowest BCUT2D eigenvalue weighted by molar-refractivity contribution is 0.668. The van der Waals surface area contributed by atoms with Crippen molar-refractivity contribution in [2.24, 2.45) is 0 Å². The molecule has 0 fully saturated rings. The molecule has 0 aliphatic rings. The first-order valence-corrected chi connectivity index (χ1v) is 22.6. The number of hydrogen-bond acceptors (Lipinski definition) is 5. The highest BCUT2D eigenvalue weighted by atomic mass is 16.3.